The van der Waals surface area contributed by atoms with Crippen molar-refractivity contribution in [1.29, 1.82) is 0 Å². The van der Waals surface area contributed by atoms with Crippen LogP contribution in [0.5, 0.6) is 0 Å². The van der Waals surface area contributed by atoms with Crippen LogP contribution in [0.15, 0.2) is 40.9 Å². The third-order valence-electron chi connectivity index (χ3n) is 2.71. The van der Waals surface area contributed by atoms with Crippen molar-refractivity contribution in [2.75, 3.05) is 5.73 Å². The zero-order valence-electron chi connectivity index (χ0n) is 9.79. The first-order valence-corrected chi connectivity index (χ1v) is 6.67. The first-order chi connectivity index (χ1) is 8.99. The summed E-state index contributed by atoms with van der Waals surface area (Å²) in [6.07, 6.45) is -0.119. The smallest absolute Gasteiger partial charge is 0.169 e. The Bertz CT molecular complexity index is 625. The van der Waals surface area contributed by atoms with Crippen molar-refractivity contribution in [3.8, 4) is 0 Å². The average molecular weight is 343 g/mol. The Hall–Kier alpha value is -1.39. The molecule has 0 aromatic heterocycles. The van der Waals surface area contributed by atoms with Gasteiger partial charge in [0.05, 0.1) is 0 Å². The lowest BCUT2D eigenvalue weighted by atomic mass is 10.0. The molecule has 98 valence electrons. The van der Waals surface area contributed by atoms with Crippen molar-refractivity contribution >= 4 is 39.0 Å². The maximum absolute atomic E-state index is 13.6. The SMILES string of the molecule is Nc1ccc(Br)cc1C(=O)Cc1c(F)cccc1Cl. The Morgan fingerprint density at radius 2 is 2.05 bits per heavy atom. The molecule has 5 heteroatoms. The number of anilines is 1. The first-order valence-electron chi connectivity index (χ1n) is 5.50. The van der Waals surface area contributed by atoms with Gasteiger partial charge in [-0.15, -0.1) is 0 Å². The van der Waals surface area contributed by atoms with Crippen molar-refractivity contribution in [2.45, 2.75) is 6.42 Å². The average Bonchev–Trinajstić information content (AvgIpc) is 2.37. The van der Waals surface area contributed by atoms with Crippen LogP contribution in [-0.2, 0) is 6.42 Å². The van der Waals surface area contributed by atoms with Gasteiger partial charge < -0.3 is 5.73 Å². The van der Waals surface area contributed by atoms with E-state index in [1.807, 2.05) is 0 Å². The second kappa shape index (κ2) is 5.72. The Morgan fingerprint density at radius 3 is 2.74 bits per heavy atom. The van der Waals surface area contributed by atoms with E-state index in [1.165, 1.54) is 12.1 Å². The number of benzene rings is 2. The highest BCUT2D eigenvalue weighted by Gasteiger charge is 2.15. The van der Waals surface area contributed by atoms with E-state index < -0.39 is 5.82 Å². The summed E-state index contributed by atoms with van der Waals surface area (Å²) in [7, 11) is 0. The minimum atomic E-state index is -0.491. The second-order valence-corrected chi connectivity index (χ2v) is 5.35. The van der Waals surface area contributed by atoms with Gasteiger partial charge in [0.25, 0.3) is 0 Å². The van der Waals surface area contributed by atoms with Crippen LogP contribution in [0.2, 0.25) is 5.02 Å². The minimum Gasteiger partial charge on any atom is -0.398 e. The highest BCUT2D eigenvalue weighted by Crippen LogP contribution is 2.24. The zero-order valence-corrected chi connectivity index (χ0v) is 12.1. The second-order valence-electron chi connectivity index (χ2n) is 4.03. The molecule has 19 heavy (non-hydrogen) atoms. The van der Waals surface area contributed by atoms with Crippen molar-refractivity contribution in [1.82, 2.24) is 0 Å². The predicted octanol–water partition coefficient (Wildman–Crippen LogP) is 4.25. The summed E-state index contributed by atoms with van der Waals surface area (Å²) in [5.74, 6) is -0.764. The molecule has 0 saturated carbocycles. The fourth-order valence-corrected chi connectivity index (χ4v) is 2.32. The number of halogens is 3. The van der Waals surface area contributed by atoms with Crippen LogP contribution in [0.25, 0.3) is 0 Å². The molecule has 2 nitrogen and oxygen atoms in total. The Kier molecular flexibility index (Phi) is 4.22. The van der Waals surface area contributed by atoms with E-state index in [4.69, 9.17) is 17.3 Å². The highest BCUT2D eigenvalue weighted by molar-refractivity contribution is 9.10. The van der Waals surface area contributed by atoms with E-state index in [2.05, 4.69) is 15.9 Å². The van der Waals surface area contributed by atoms with Gasteiger partial charge in [-0.05, 0) is 30.3 Å². The van der Waals surface area contributed by atoms with Crippen molar-refractivity contribution in [3.63, 3.8) is 0 Å². The molecular weight excluding hydrogens is 333 g/mol. The number of hydrogen-bond donors (Lipinski definition) is 1. The zero-order chi connectivity index (χ0) is 14.0. The fraction of sp³-hybridized carbons (Fsp3) is 0.0714. The van der Waals surface area contributed by atoms with Gasteiger partial charge >= 0.3 is 0 Å². The maximum Gasteiger partial charge on any atom is 0.169 e. The van der Waals surface area contributed by atoms with Gasteiger partial charge in [0.15, 0.2) is 5.78 Å². The molecule has 2 rings (SSSR count). The van der Waals surface area contributed by atoms with Crippen molar-refractivity contribution in [2.24, 2.45) is 0 Å². The molecule has 0 aliphatic carbocycles. The van der Waals surface area contributed by atoms with Gasteiger partial charge in [-0.2, -0.15) is 0 Å². The summed E-state index contributed by atoms with van der Waals surface area (Å²) in [5.41, 5.74) is 6.66. The predicted molar refractivity (Wildman–Crippen MR) is 78.0 cm³/mol. The topological polar surface area (TPSA) is 43.1 Å². The number of nitrogens with two attached hydrogens (primary N) is 1. The summed E-state index contributed by atoms with van der Waals surface area (Å²) < 4.78 is 14.4. The Labute approximate surface area is 123 Å². The van der Waals surface area contributed by atoms with Crippen LogP contribution in [-0.4, -0.2) is 5.78 Å². The van der Waals surface area contributed by atoms with Crippen molar-refractivity contribution in [3.05, 3.63) is 62.8 Å². The van der Waals surface area contributed by atoms with Crippen LogP contribution in [0.3, 0.4) is 0 Å². The van der Waals surface area contributed by atoms with E-state index in [1.54, 1.807) is 24.3 Å². The summed E-state index contributed by atoms with van der Waals surface area (Å²) in [4.78, 5) is 12.2. The van der Waals surface area contributed by atoms with E-state index in [0.717, 1.165) is 4.47 Å². The molecule has 0 atom stereocenters. The monoisotopic (exact) mass is 341 g/mol. The molecule has 0 unspecified atom stereocenters. The van der Waals surface area contributed by atoms with E-state index in [9.17, 15) is 9.18 Å². The van der Waals surface area contributed by atoms with Gasteiger partial charge in [-0.25, -0.2) is 4.39 Å². The first kappa shape index (κ1) is 14.0. The number of Topliss-reactive ketones (excluding diaryl/α,β-unsaturated/α-hetero) is 1. The van der Waals surface area contributed by atoms with Gasteiger partial charge in [0.1, 0.15) is 5.82 Å². The van der Waals surface area contributed by atoms with Gasteiger partial charge in [-0.3, -0.25) is 4.79 Å². The van der Waals surface area contributed by atoms with Gasteiger partial charge in [0.2, 0.25) is 0 Å². The Balaban J connectivity index is 2.34. The van der Waals surface area contributed by atoms with E-state index in [-0.39, 0.29) is 22.8 Å². The molecule has 0 aliphatic heterocycles. The summed E-state index contributed by atoms with van der Waals surface area (Å²) in [5, 5.41) is 0.238. The molecule has 2 N–H and O–H groups in total. The van der Waals surface area contributed by atoms with E-state index >= 15 is 0 Å². The van der Waals surface area contributed by atoms with E-state index in [0.29, 0.717) is 11.3 Å². The molecular formula is C14H10BrClFNO. The summed E-state index contributed by atoms with van der Waals surface area (Å²) in [6, 6.07) is 9.31. The molecule has 2 aromatic rings. The van der Waals surface area contributed by atoms with Gasteiger partial charge in [0, 0.05) is 32.7 Å². The van der Waals surface area contributed by atoms with Crippen LogP contribution < -0.4 is 5.73 Å². The molecule has 0 bridgehead atoms. The maximum atomic E-state index is 13.6. The number of carbonyl (C=O) groups is 1. The minimum absolute atomic E-state index is 0.119. The van der Waals surface area contributed by atoms with Crippen molar-refractivity contribution < 1.29 is 9.18 Å². The molecule has 0 radical (unpaired) electrons. The molecule has 0 fully saturated rings. The number of ketones is 1. The lowest BCUT2D eigenvalue weighted by Gasteiger charge is -2.08. The summed E-state index contributed by atoms with van der Waals surface area (Å²) >= 11 is 9.17. The van der Waals surface area contributed by atoms with Crippen LogP contribution >= 0.6 is 27.5 Å². The molecule has 0 spiro atoms. The number of hydrogen-bond acceptors (Lipinski definition) is 2. The number of carbonyl (C=O) groups excluding carboxylic acids is 1. The van der Waals surface area contributed by atoms with Crippen LogP contribution in [0.4, 0.5) is 10.1 Å². The molecule has 0 amide bonds. The highest BCUT2D eigenvalue weighted by atomic mass is 79.9. The number of nitrogen functional groups attached to an aromatic ring is 1. The normalized spacial score (nSPS) is 10.5. The molecule has 0 saturated heterocycles. The van der Waals surface area contributed by atoms with Crippen LogP contribution in [0.1, 0.15) is 15.9 Å². The fourth-order valence-electron chi connectivity index (χ4n) is 1.73. The Morgan fingerprint density at radius 1 is 1.32 bits per heavy atom. The third kappa shape index (κ3) is 3.14. The standard InChI is InChI=1S/C14H10BrClFNO/c15-8-4-5-13(18)10(6-8)14(19)7-9-11(16)2-1-3-12(9)17/h1-6H,7,18H2. The number of rotatable bonds is 3. The largest absolute Gasteiger partial charge is 0.398 e. The lowest BCUT2D eigenvalue weighted by Crippen LogP contribution is -2.08. The molecule has 2 aromatic carbocycles. The molecule has 0 heterocycles. The molecule has 0 aliphatic rings. The third-order valence-corrected chi connectivity index (χ3v) is 3.56. The van der Waals surface area contributed by atoms with Gasteiger partial charge in [-0.1, -0.05) is 33.6 Å². The lowest BCUT2D eigenvalue weighted by molar-refractivity contribution is 0.0992. The summed E-state index contributed by atoms with van der Waals surface area (Å²) in [6.45, 7) is 0. The van der Waals surface area contributed by atoms with Crippen LogP contribution in [0, 0.1) is 5.82 Å². The quantitative estimate of drug-likeness (QED) is 0.669.